The van der Waals surface area contributed by atoms with Crippen LogP contribution in [0.1, 0.15) is 26.7 Å². The molecule has 58 valence electrons. The third-order valence-electron chi connectivity index (χ3n) is 0.354. The van der Waals surface area contributed by atoms with Crippen LogP contribution in [0, 0.1) is 13.8 Å². The largest absolute Gasteiger partial charge is 2.00 e. The van der Waals surface area contributed by atoms with E-state index in [-0.39, 0.29) is 19.5 Å². The number of unbranched alkanes of at least 4 members (excludes halogenated alkanes) is 1. The Labute approximate surface area is 78.5 Å². The third kappa shape index (κ3) is 181. The number of rotatable bonds is 1. The van der Waals surface area contributed by atoms with E-state index in [0.717, 1.165) is 6.42 Å². The second kappa shape index (κ2) is 53.8. The van der Waals surface area contributed by atoms with Gasteiger partial charge < -0.3 is 18.7 Å². The van der Waals surface area contributed by atoms with E-state index in [2.05, 4.69) is 20.8 Å². The average Bonchev–Trinajstić information content (AvgIpc) is 1.94. The normalized spacial score (nSPS) is 5.70. The van der Waals surface area contributed by atoms with Gasteiger partial charge in [0, 0.05) is 0 Å². The van der Waals surface area contributed by atoms with Crippen molar-refractivity contribution in [1.82, 2.24) is 0 Å². The summed E-state index contributed by atoms with van der Waals surface area (Å²) in [6.45, 7) is 10.7. The summed E-state index contributed by atoms with van der Waals surface area (Å²) in [7, 11) is -0.833. The van der Waals surface area contributed by atoms with Crippen LogP contribution in [0.25, 0.3) is 0 Å². The molecule has 2 nitrogen and oxygen atoms in total. The van der Waals surface area contributed by atoms with Crippen LogP contribution in [0.15, 0.2) is 0 Å². The van der Waals surface area contributed by atoms with Gasteiger partial charge in [0.05, 0.1) is 0 Å². The van der Waals surface area contributed by atoms with Gasteiger partial charge in [0.15, 0.2) is 0 Å². The molecule has 10 heavy (non-hydrogen) atoms. The Morgan fingerprint density at radius 2 is 1.60 bits per heavy atom. The second-order valence-electron chi connectivity index (χ2n) is 0.935. The molecule has 0 fully saturated rings. The van der Waals surface area contributed by atoms with Crippen LogP contribution in [0.5, 0.6) is 0 Å². The molecule has 0 saturated heterocycles. The van der Waals surface area contributed by atoms with E-state index in [1.807, 2.05) is 0 Å². The summed E-state index contributed by atoms with van der Waals surface area (Å²) < 4.78 is 8.46. The molecule has 4 heteroatoms. The molecule has 0 amide bonds. The van der Waals surface area contributed by atoms with Gasteiger partial charge in [-0.25, -0.2) is 4.57 Å². The quantitative estimate of drug-likeness (QED) is 0.415. The van der Waals surface area contributed by atoms with Crippen LogP contribution in [0.4, 0.5) is 0 Å². The van der Waals surface area contributed by atoms with E-state index < -0.39 is 8.69 Å². The molecule has 0 saturated carbocycles. The van der Waals surface area contributed by atoms with E-state index in [0.29, 0.717) is 0 Å². The number of hydrogen-bond donors (Lipinski definition) is 1. The number of hydrogen-bond acceptors (Lipinski definition) is 1. The van der Waals surface area contributed by atoms with Crippen LogP contribution in [0.3, 0.4) is 0 Å². The van der Waals surface area contributed by atoms with Crippen LogP contribution in [0.2, 0.25) is 0 Å². The van der Waals surface area contributed by atoms with Crippen molar-refractivity contribution in [3.05, 3.63) is 13.8 Å². The standard InChI is InChI=1S/C4H9.C2H5.HO2P.Zn/c1-3-4-2;1-2;1-3-2;/h1,3-4H2,2H3;1H2,2H3;(H,1,2);/q2*-1;;+2. The van der Waals surface area contributed by atoms with Crippen LogP contribution >= 0.6 is 8.69 Å². The van der Waals surface area contributed by atoms with Gasteiger partial charge in [0.2, 0.25) is 0 Å². The summed E-state index contributed by atoms with van der Waals surface area (Å²) in [6.07, 6.45) is 2.28. The molecular weight excluding hydrogens is 200 g/mol. The van der Waals surface area contributed by atoms with E-state index in [9.17, 15) is 0 Å². The van der Waals surface area contributed by atoms with Crippen molar-refractivity contribution in [3.8, 4) is 0 Å². The molecule has 0 aliphatic rings. The van der Waals surface area contributed by atoms with E-state index >= 15 is 0 Å². The Balaban J connectivity index is -0.0000000273. The van der Waals surface area contributed by atoms with Crippen LogP contribution < -0.4 is 0 Å². The minimum atomic E-state index is -0.833. The second-order valence-corrected chi connectivity index (χ2v) is 1.10. The van der Waals surface area contributed by atoms with Gasteiger partial charge in [-0.05, 0) is 0 Å². The first-order chi connectivity index (χ1) is 4.33. The van der Waals surface area contributed by atoms with Crippen molar-refractivity contribution >= 4 is 8.69 Å². The Morgan fingerprint density at radius 3 is 1.60 bits per heavy atom. The van der Waals surface area contributed by atoms with Gasteiger partial charge in [-0.1, -0.05) is 13.3 Å². The van der Waals surface area contributed by atoms with Gasteiger partial charge in [-0.15, -0.1) is 0 Å². The molecule has 0 rings (SSSR count). The first kappa shape index (κ1) is 22.4. The first-order valence-corrected chi connectivity index (χ1v) is 3.56. The van der Waals surface area contributed by atoms with Crippen molar-refractivity contribution in [3.63, 3.8) is 0 Å². The minimum absolute atomic E-state index is 0. The summed E-state index contributed by atoms with van der Waals surface area (Å²) in [4.78, 5) is 6.99. The maximum absolute atomic E-state index is 8.46. The summed E-state index contributed by atoms with van der Waals surface area (Å²) >= 11 is 0. The van der Waals surface area contributed by atoms with E-state index in [1.54, 1.807) is 6.92 Å². The molecule has 0 bridgehead atoms. The van der Waals surface area contributed by atoms with E-state index in [1.165, 1.54) is 6.42 Å². The monoisotopic (exact) mass is 214 g/mol. The molecule has 0 heterocycles. The van der Waals surface area contributed by atoms with Gasteiger partial charge >= 0.3 is 28.2 Å². The van der Waals surface area contributed by atoms with Gasteiger partial charge in [0.25, 0.3) is 0 Å². The Bertz CT molecular complexity index is 34.9. The minimum Gasteiger partial charge on any atom is -0.346 e. The molecule has 0 aromatic heterocycles. The van der Waals surface area contributed by atoms with Crippen molar-refractivity contribution in [2.75, 3.05) is 0 Å². The fourth-order valence-corrected chi connectivity index (χ4v) is 0. The molecule has 0 aliphatic heterocycles. The smallest absolute Gasteiger partial charge is 0.346 e. The van der Waals surface area contributed by atoms with Gasteiger partial charge in [-0.3, -0.25) is 0 Å². The van der Waals surface area contributed by atoms with Gasteiger partial charge in [0.1, 0.15) is 0 Å². The fourth-order valence-electron chi connectivity index (χ4n) is 0. The van der Waals surface area contributed by atoms with Crippen LogP contribution in [-0.2, 0) is 24.0 Å². The van der Waals surface area contributed by atoms with Gasteiger partial charge in [-0.2, -0.15) is 13.3 Å². The molecule has 0 spiro atoms. The predicted octanol–water partition coefficient (Wildman–Crippen LogP) is 2.64. The van der Waals surface area contributed by atoms with Crippen molar-refractivity contribution in [1.29, 1.82) is 0 Å². The van der Waals surface area contributed by atoms with Crippen molar-refractivity contribution in [2.24, 2.45) is 0 Å². The van der Waals surface area contributed by atoms with Crippen molar-refractivity contribution in [2.45, 2.75) is 26.7 Å². The summed E-state index contributed by atoms with van der Waals surface area (Å²) in [6, 6.07) is 0. The maximum Gasteiger partial charge on any atom is 2.00 e. The van der Waals surface area contributed by atoms with E-state index in [4.69, 9.17) is 9.46 Å². The zero-order valence-electron chi connectivity index (χ0n) is 6.84. The third-order valence-corrected chi connectivity index (χ3v) is 0.354. The maximum atomic E-state index is 8.46. The zero-order chi connectivity index (χ0) is 8.12. The molecule has 0 atom stereocenters. The zero-order valence-corrected chi connectivity index (χ0v) is 10.7. The first-order valence-electron chi connectivity index (χ1n) is 2.80. The molecule has 0 aliphatic carbocycles. The Kier molecular flexibility index (Phi) is 121. The molecule has 0 aromatic rings. The fraction of sp³-hybridized carbons (Fsp3) is 0.667. The predicted molar refractivity (Wildman–Crippen MR) is 41.1 cm³/mol. The Hall–Kier alpha value is 0.683. The van der Waals surface area contributed by atoms with Crippen LogP contribution in [-0.4, -0.2) is 4.89 Å². The van der Waals surface area contributed by atoms with Crippen molar-refractivity contribution < 1.29 is 28.9 Å². The topological polar surface area (TPSA) is 37.3 Å². The summed E-state index contributed by atoms with van der Waals surface area (Å²) in [5, 5.41) is 0. The molecule has 0 aromatic carbocycles. The summed E-state index contributed by atoms with van der Waals surface area (Å²) in [5.74, 6) is 0. The molecule has 0 unspecified atom stereocenters. The summed E-state index contributed by atoms with van der Waals surface area (Å²) in [5.41, 5.74) is 0. The SMILES string of the molecule is O=PO.[CH2-]C.[CH2-]CCC.[Zn+2]. The Morgan fingerprint density at radius 1 is 1.50 bits per heavy atom. The average molecular weight is 216 g/mol. The molecular formula is C6H15O2PZn. The molecule has 1 N–H and O–H groups in total. The molecule has 0 radical (unpaired) electrons.